The van der Waals surface area contributed by atoms with Crippen molar-refractivity contribution in [3.63, 3.8) is 0 Å². The van der Waals surface area contributed by atoms with Gasteiger partial charge in [0.25, 0.3) is 0 Å². The third kappa shape index (κ3) is 1.89. The minimum absolute atomic E-state index is 0.370. The summed E-state index contributed by atoms with van der Waals surface area (Å²) in [6, 6.07) is 15.1. The predicted octanol–water partition coefficient (Wildman–Crippen LogP) is 3.87. The minimum Gasteiger partial charge on any atom is -0.421 e. The quantitative estimate of drug-likeness (QED) is 0.431. The smallest absolute Gasteiger partial charge is 0.345 e. The number of aromatic amines is 2. The Morgan fingerprint density at radius 3 is 2.29 bits per heavy atom. The first-order chi connectivity index (χ1) is 10.3. The molecule has 0 spiro atoms. The molecule has 0 bridgehead atoms. The molecule has 0 aliphatic rings. The third-order valence-corrected chi connectivity index (χ3v) is 3.56. The number of hydrogen-bond acceptors (Lipinski definition) is 2. The Kier molecular flexibility index (Phi) is 2.54. The average Bonchev–Trinajstić information content (AvgIpc) is 3.15. The molecule has 2 aromatic heterocycles. The number of H-pyrrole nitrogens is 2. The number of aromatic nitrogens is 2. The lowest BCUT2D eigenvalue weighted by Gasteiger charge is -2.06. The van der Waals surface area contributed by atoms with Gasteiger partial charge in [0.2, 0.25) is 0 Å². The van der Waals surface area contributed by atoms with Crippen molar-refractivity contribution in [3.05, 3.63) is 66.5 Å². The molecule has 21 heavy (non-hydrogen) atoms. The first-order valence-corrected chi connectivity index (χ1v) is 6.67. The topological polar surface area (TPSA) is 57.9 Å². The van der Waals surface area contributed by atoms with Gasteiger partial charge in [-0.2, -0.15) is 0 Å². The van der Waals surface area contributed by atoms with Crippen LogP contribution in [0, 0.1) is 0 Å². The van der Waals surface area contributed by atoms with Gasteiger partial charge in [-0.05, 0) is 24.3 Å². The van der Waals surface area contributed by atoms with E-state index in [0.29, 0.717) is 11.3 Å². The number of fused-ring (bicyclic) bond motifs is 2. The Morgan fingerprint density at radius 1 is 0.810 bits per heavy atom. The monoisotopic (exact) mass is 276 g/mol. The zero-order chi connectivity index (χ0) is 14.2. The number of nitrogens with one attached hydrogen (secondary N) is 2. The summed E-state index contributed by atoms with van der Waals surface area (Å²) in [6.45, 7) is 0. The summed E-state index contributed by atoms with van der Waals surface area (Å²) in [6.07, 6.45) is 3.64. The van der Waals surface area contributed by atoms with Crippen molar-refractivity contribution in [2.45, 2.75) is 0 Å². The van der Waals surface area contributed by atoms with Crippen molar-refractivity contribution in [2.24, 2.45) is 0 Å². The van der Waals surface area contributed by atoms with Crippen LogP contribution in [0.25, 0.3) is 21.8 Å². The number of benzene rings is 2. The zero-order valence-electron chi connectivity index (χ0n) is 11.1. The third-order valence-electron chi connectivity index (χ3n) is 3.56. The van der Waals surface area contributed by atoms with Crippen LogP contribution in [0.1, 0.15) is 10.4 Å². The van der Waals surface area contributed by atoms with Crippen molar-refractivity contribution in [2.75, 3.05) is 0 Å². The maximum atomic E-state index is 12.4. The number of carbonyl (C=O) groups is 1. The summed E-state index contributed by atoms with van der Waals surface area (Å²) in [4.78, 5) is 18.6. The normalized spacial score (nSPS) is 11.0. The van der Waals surface area contributed by atoms with Crippen LogP contribution in [0.3, 0.4) is 0 Å². The number of ether oxygens (including phenoxy) is 1. The van der Waals surface area contributed by atoms with Crippen LogP contribution in [0.15, 0.2) is 60.9 Å². The Hall–Kier alpha value is -3.01. The van der Waals surface area contributed by atoms with E-state index in [9.17, 15) is 4.79 Å². The molecule has 4 heteroatoms. The number of esters is 1. The first-order valence-electron chi connectivity index (χ1n) is 6.67. The zero-order valence-corrected chi connectivity index (χ0v) is 11.1. The molecule has 0 saturated heterocycles. The van der Waals surface area contributed by atoms with Crippen LogP contribution in [-0.2, 0) is 0 Å². The summed E-state index contributed by atoms with van der Waals surface area (Å²) in [5.41, 5.74) is 2.15. The standard InChI is InChI=1S/C17H12N2O2/c20-17(13-5-1-3-11-7-9-18-15(11)13)21-14-6-2-4-12-8-10-19-16(12)14/h1-10,18-19H. The van der Waals surface area contributed by atoms with Gasteiger partial charge in [-0.15, -0.1) is 0 Å². The summed E-state index contributed by atoms with van der Waals surface area (Å²) < 4.78 is 5.56. The summed E-state index contributed by atoms with van der Waals surface area (Å²) >= 11 is 0. The van der Waals surface area contributed by atoms with Crippen LogP contribution < -0.4 is 4.74 Å². The first kappa shape index (κ1) is 11.8. The molecule has 0 aliphatic heterocycles. The van der Waals surface area contributed by atoms with Gasteiger partial charge in [0.15, 0.2) is 5.75 Å². The highest BCUT2D eigenvalue weighted by Crippen LogP contribution is 2.25. The molecule has 2 N–H and O–H groups in total. The van der Waals surface area contributed by atoms with Gasteiger partial charge in [-0.3, -0.25) is 0 Å². The summed E-state index contributed by atoms with van der Waals surface area (Å²) in [7, 11) is 0. The van der Waals surface area contributed by atoms with Gasteiger partial charge in [0.05, 0.1) is 16.6 Å². The Labute approximate surface area is 120 Å². The lowest BCUT2D eigenvalue weighted by atomic mass is 10.1. The van der Waals surface area contributed by atoms with Crippen LogP contribution in [0.5, 0.6) is 5.75 Å². The van der Waals surface area contributed by atoms with E-state index in [1.54, 1.807) is 12.1 Å². The molecule has 2 aromatic carbocycles. The van der Waals surface area contributed by atoms with Crippen LogP contribution in [0.4, 0.5) is 0 Å². The van der Waals surface area contributed by atoms with Crippen molar-refractivity contribution in [1.82, 2.24) is 9.97 Å². The number of para-hydroxylation sites is 2. The van der Waals surface area contributed by atoms with Gasteiger partial charge in [0.1, 0.15) is 0 Å². The fourth-order valence-electron chi connectivity index (χ4n) is 2.55. The van der Waals surface area contributed by atoms with Crippen LogP contribution >= 0.6 is 0 Å². The van der Waals surface area contributed by atoms with Crippen LogP contribution in [-0.4, -0.2) is 15.9 Å². The summed E-state index contributed by atoms with van der Waals surface area (Å²) in [5.74, 6) is 0.163. The van der Waals surface area contributed by atoms with Crippen LogP contribution in [0.2, 0.25) is 0 Å². The van der Waals surface area contributed by atoms with Gasteiger partial charge >= 0.3 is 5.97 Å². The van der Waals surface area contributed by atoms with E-state index in [-0.39, 0.29) is 5.97 Å². The molecule has 4 aromatic rings. The van der Waals surface area contributed by atoms with Crippen molar-refractivity contribution in [1.29, 1.82) is 0 Å². The van der Waals surface area contributed by atoms with Gasteiger partial charge in [0, 0.05) is 23.2 Å². The molecular weight excluding hydrogens is 264 g/mol. The molecule has 0 saturated carbocycles. The molecule has 4 nitrogen and oxygen atoms in total. The largest absolute Gasteiger partial charge is 0.421 e. The molecule has 0 unspecified atom stereocenters. The lowest BCUT2D eigenvalue weighted by molar-refractivity contribution is 0.0738. The lowest BCUT2D eigenvalue weighted by Crippen LogP contribution is -2.09. The highest BCUT2D eigenvalue weighted by Gasteiger charge is 2.14. The van der Waals surface area contributed by atoms with E-state index in [2.05, 4.69) is 9.97 Å². The molecule has 0 atom stereocenters. The Balaban J connectivity index is 1.76. The number of rotatable bonds is 2. The van der Waals surface area contributed by atoms with E-state index in [1.807, 2.05) is 48.8 Å². The van der Waals surface area contributed by atoms with E-state index < -0.39 is 0 Å². The minimum atomic E-state index is -0.370. The molecular formula is C17H12N2O2. The molecule has 0 fully saturated rings. The molecule has 0 amide bonds. The maximum Gasteiger partial charge on any atom is 0.345 e. The molecule has 0 aliphatic carbocycles. The Morgan fingerprint density at radius 2 is 1.48 bits per heavy atom. The van der Waals surface area contributed by atoms with E-state index in [0.717, 1.165) is 21.8 Å². The van der Waals surface area contributed by atoms with Gasteiger partial charge < -0.3 is 14.7 Å². The van der Waals surface area contributed by atoms with Gasteiger partial charge in [-0.1, -0.05) is 24.3 Å². The second kappa shape index (κ2) is 4.52. The number of hydrogen-bond donors (Lipinski definition) is 2. The summed E-state index contributed by atoms with van der Waals surface area (Å²) in [5, 5.41) is 2.00. The van der Waals surface area contributed by atoms with E-state index >= 15 is 0 Å². The molecule has 2 heterocycles. The Bertz CT molecular complexity index is 949. The molecule has 0 radical (unpaired) electrons. The fourth-order valence-corrected chi connectivity index (χ4v) is 2.55. The van der Waals surface area contributed by atoms with E-state index in [1.165, 1.54) is 0 Å². The van der Waals surface area contributed by atoms with E-state index in [4.69, 9.17) is 4.74 Å². The predicted molar refractivity (Wildman–Crippen MR) is 81.6 cm³/mol. The maximum absolute atomic E-state index is 12.4. The molecule has 102 valence electrons. The second-order valence-corrected chi connectivity index (χ2v) is 4.84. The number of carbonyl (C=O) groups excluding carboxylic acids is 1. The highest BCUT2D eigenvalue weighted by molar-refractivity contribution is 6.04. The second-order valence-electron chi connectivity index (χ2n) is 4.84. The van der Waals surface area contributed by atoms with Crippen molar-refractivity contribution < 1.29 is 9.53 Å². The van der Waals surface area contributed by atoms with Crippen molar-refractivity contribution >= 4 is 27.8 Å². The SMILES string of the molecule is O=C(Oc1cccc2cc[nH]c12)c1cccc2cc[nH]c12. The highest BCUT2D eigenvalue weighted by atomic mass is 16.5. The molecule has 4 rings (SSSR count). The van der Waals surface area contributed by atoms with Crippen molar-refractivity contribution in [3.8, 4) is 5.75 Å². The van der Waals surface area contributed by atoms with Gasteiger partial charge in [-0.25, -0.2) is 4.79 Å². The fraction of sp³-hybridized carbons (Fsp3) is 0. The average molecular weight is 276 g/mol.